The van der Waals surface area contributed by atoms with Crippen LogP contribution in [0.2, 0.25) is 0 Å². The fraction of sp³-hybridized carbons (Fsp3) is 0.500. The van der Waals surface area contributed by atoms with Crippen molar-refractivity contribution in [3.63, 3.8) is 0 Å². The summed E-state index contributed by atoms with van der Waals surface area (Å²) in [4.78, 5) is 34.9. The molecule has 0 radical (unpaired) electrons. The Bertz CT molecular complexity index is 565. The predicted octanol–water partition coefficient (Wildman–Crippen LogP) is 2.33. The Morgan fingerprint density at radius 1 is 1.00 bits per heavy atom. The smallest absolute Gasteiger partial charge is 0.326 e. The van der Waals surface area contributed by atoms with Gasteiger partial charge in [0, 0.05) is 18.0 Å². The molecule has 6 nitrogen and oxygen atoms in total. The van der Waals surface area contributed by atoms with Gasteiger partial charge in [-0.15, -0.1) is 0 Å². The highest BCUT2D eigenvalue weighted by atomic mass is 16.4. The van der Waals surface area contributed by atoms with Crippen LogP contribution in [0.4, 0.5) is 0 Å². The van der Waals surface area contributed by atoms with E-state index in [9.17, 15) is 14.4 Å². The number of hydrogen-bond acceptors (Lipinski definition) is 3. The van der Waals surface area contributed by atoms with Crippen LogP contribution in [0.15, 0.2) is 24.3 Å². The summed E-state index contributed by atoms with van der Waals surface area (Å²) in [5, 5.41) is 14.3. The van der Waals surface area contributed by atoms with Crippen molar-refractivity contribution in [2.75, 3.05) is 0 Å². The normalized spacial score (nSPS) is 11.8. The van der Waals surface area contributed by atoms with Crippen molar-refractivity contribution >= 4 is 17.8 Å². The molecule has 0 aliphatic rings. The van der Waals surface area contributed by atoms with E-state index in [0.717, 1.165) is 18.4 Å². The van der Waals surface area contributed by atoms with Gasteiger partial charge in [-0.25, -0.2) is 4.79 Å². The molecule has 0 saturated carbocycles. The largest absolute Gasteiger partial charge is 0.480 e. The zero-order valence-electron chi connectivity index (χ0n) is 14.5. The molecular weight excluding hydrogens is 308 g/mol. The van der Waals surface area contributed by atoms with E-state index in [1.165, 1.54) is 0 Å². The molecule has 6 heteroatoms. The lowest BCUT2D eigenvalue weighted by atomic mass is 10.0. The molecule has 1 unspecified atom stereocenters. The van der Waals surface area contributed by atoms with Crippen molar-refractivity contribution in [1.29, 1.82) is 0 Å². The third-order valence-electron chi connectivity index (χ3n) is 4.05. The fourth-order valence-corrected chi connectivity index (χ4v) is 2.35. The lowest BCUT2D eigenvalue weighted by Gasteiger charge is -2.14. The maximum atomic E-state index is 12.0. The van der Waals surface area contributed by atoms with Crippen LogP contribution in [-0.4, -0.2) is 28.9 Å². The highest BCUT2D eigenvalue weighted by Gasteiger charge is 2.18. The number of hydrogen-bond donors (Lipinski definition) is 3. The summed E-state index contributed by atoms with van der Waals surface area (Å²) in [6, 6.07) is 5.87. The Balaban J connectivity index is 2.61. The number of amides is 2. The van der Waals surface area contributed by atoms with Crippen LogP contribution in [0.1, 0.15) is 56.0 Å². The minimum absolute atomic E-state index is 0.0250. The molecule has 2 amide bonds. The Labute approximate surface area is 142 Å². The molecule has 1 rings (SSSR count). The van der Waals surface area contributed by atoms with E-state index in [1.54, 1.807) is 31.2 Å². The van der Waals surface area contributed by atoms with Crippen LogP contribution < -0.4 is 10.6 Å². The van der Waals surface area contributed by atoms with E-state index >= 15 is 0 Å². The molecule has 132 valence electrons. The highest BCUT2D eigenvalue weighted by Crippen LogP contribution is 2.09. The Morgan fingerprint density at radius 3 is 2.04 bits per heavy atom. The fourth-order valence-electron chi connectivity index (χ4n) is 2.35. The van der Waals surface area contributed by atoms with Crippen molar-refractivity contribution in [1.82, 2.24) is 10.6 Å². The average Bonchev–Trinajstić information content (AvgIpc) is 2.58. The van der Waals surface area contributed by atoms with Crippen molar-refractivity contribution < 1.29 is 19.5 Å². The molecule has 24 heavy (non-hydrogen) atoms. The second-order valence-corrected chi connectivity index (χ2v) is 5.70. The first-order valence-corrected chi connectivity index (χ1v) is 8.33. The number of carboxylic acids is 1. The van der Waals surface area contributed by atoms with E-state index in [1.807, 2.05) is 13.8 Å². The quantitative estimate of drug-likeness (QED) is 0.646. The first-order chi connectivity index (χ1) is 11.4. The number of carbonyl (C=O) groups is 3. The Morgan fingerprint density at radius 2 is 1.58 bits per heavy atom. The zero-order valence-corrected chi connectivity index (χ0v) is 14.5. The molecule has 0 fully saturated rings. The van der Waals surface area contributed by atoms with Gasteiger partial charge in [0.2, 0.25) is 5.91 Å². The van der Waals surface area contributed by atoms with Crippen molar-refractivity contribution in [3.05, 3.63) is 35.4 Å². The average molecular weight is 334 g/mol. The number of carboxylic acid groups (broad SMARTS) is 1. The maximum Gasteiger partial charge on any atom is 0.326 e. The van der Waals surface area contributed by atoms with E-state index in [-0.39, 0.29) is 11.8 Å². The van der Waals surface area contributed by atoms with Gasteiger partial charge in [-0.2, -0.15) is 0 Å². The summed E-state index contributed by atoms with van der Waals surface area (Å²) in [6.07, 6.45) is 1.94. The number of nitrogens with one attached hydrogen (secondary N) is 2. The molecule has 1 atom stereocenters. The highest BCUT2D eigenvalue weighted by molar-refractivity contribution is 5.96. The van der Waals surface area contributed by atoms with Gasteiger partial charge in [-0.05, 0) is 37.0 Å². The lowest BCUT2D eigenvalue weighted by Crippen LogP contribution is -2.40. The molecule has 0 bridgehead atoms. The van der Waals surface area contributed by atoms with Crippen molar-refractivity contribution in [2.24, 2.45) is 5.92 Å². The molecule has 0 spiro atoms. The predicted molar refractivity (Wildman–Crippen MR) is 91.5 cm³/mol. The summed E-state index contributed by atoms with van der Waals surface area (Å²) in [6.45, 7) is 6.08. The second kappa shape index (κ2) is 9.70. The molecule has 1 aromatic rings. The van der Waals surface area contributed by atoms with E-state index < -0.39 is 17.9 Å². The molecule has 0 heterocycles. The minimum Gasteiger partial charge on any atom is -0.480 e. The first kappa shape index (κ1) is 19.7. The minimum atomic E-state index is -1.05. The van der Waals surface area contributed by atoms with Gasteiger partial charge < -0.3 is 15.7 Å². The van der Waals surface area contributed by atoms with Crippen LogP contribution in [0.3, 0.4) is 0 Å². The SMILES string of the molecule is CCC(CC)C(=O)NCc1ccc(C(=O)NC(CC)C(=O)O)cc1. The topological polar surface area (TPSA) is 95.5 Å². The summed E-state index contributed by atoms with van der Waals surface area (Å²) < 4.78 is 0. The molecule has 0 saturated heterocycles. The van der Waals surface area contributed by atoms with Gasteiger partial charge in [0.15, 0.2) is 0 Å². The lowest BCUT2D eigenvalue weighted by molar-refractivity contribution is -0.139. The van der Waals surface area contributed by atoms with Gasteiger partial charge in [0.25, 0.3) is 5.91 Å². The number of aliphatic carboxylic acids is 1. The number of rotatable bonds is 9. The molecular formula is C18H26N2O4. The second-order valence-electron chi connectivity index (χ2n) is 5.70. The summed E-state index contributed by atoms with van der Waals surface area (Å²) in [5.41, 5.74) is 1.28. The number of carbonyl (C=O) groups excluding carboxylic acids is 2. The van der Waals surface area contributed by atoms with Crippen molar-refractivity contribution in [2.45, 2.75) is 52.6 Å². The van der Waals surface area contributed by atoms with E-state index in [2.05, 4.69) is 10.6 Å². The molecule has 0 aliphatic carbocycles. The van der Waals surface area contributed by atoms with E-state index in [4.69, 9.17) is 5.11 Å². The van der Waals surface area contributed by atoms with Gasteiger partial charge >= 0.3 is 5.97 Å². The van der Waals surface area contributed by atoms with Crippen LogP contribution in [-0.2, 0) is 16.1 Å². The zero-order chi connectivity index (χ0) is 18.1. The van der Waals surface area contributed by atoms with Gasteiger partial charge in [0.05, 0.1) is 0 Å². The van der Waals surface area contributed by atoms with Gasteiger partial charge in [0.1, 0.15) is 6.04 Å². The number of benzene rings is 1. The summed E-state index contributed by atoms with van der Waals surface area (Å²) in [5.74, 6) is -1.41. The third kappa shape index (κ3) is 5.68. The molecule has 1 aromatic carbocycles. The third-order valence-corrected chi connectivity index (χ3v) is 4.05. The van der Waals surface area contributed by atoms with E-state index in [0.29, 0.717) is 18.5 Å². The first-order valence-electron chi connectivity index (χ1n) is 8.33. The van der Waals surface area contributed by atoms with Gasteiger partial charge in [-0.1, -0.05) is 32.9 Å². The standard InChI is InChI=1S/C18H26N2O4/c1-4-13(5-2)16(21)19-11-12-7-9-14(10-8-12)17(22)20-15(6-3)18(23)24/h7-10,13,15H,4-6,11H2,1-3H3,(H,19,21)(H,20,22)(H,23,24). The maximum absolute atomic E-state index is 12.0. The monoisotopic (exact) mass is 334 g/mol. The van der Waals surface area contributed by atoms with Gasteiger partial charge in [-0.3, -0.25) is 9.59 Å². The van der Waals surface area contributed by atoms with Crippen LogP contribution in [0, 0.1) is 5.92 Å². The van der Waals surface area contributed by atoms with Crippen LogP contribution in [0.5, 0.6) is 0 Å². The summed E-state index contributed by atoms with van der Waals surface area (Å²) in [7, 11) is 0. The molecule has 3 N–H and O–H groups in total. The van der Waals surface area contributed by atoms with Crippen molar-refractivity contribution in [3.8, 4) is 0 Å². The summed E-state index contributed by atoms with van der Waals surface area (Å²) >= 11 is 0. The Kier molecular flexibility index (Phi) is 7.95. The molecule has 0 aromatic heterocycles. The van der Waals surface area contributed by atoms with Crippen LogP contribution in [0.25, 0.3) is 0 Å². The Hall–Kier alpha value is -2.37. The molecule has 0 aliphatic heterocycles. The van der Waals surface area contributed by atoms with Crippen LogP contribution >= 0.6 is 0 Å².